The third kappa shape index (κ3) is 3.11. The summed E-state index contributed by atoms with van der Waals surface area (Å²) in [5.74, 6) is -2.11. The Bertz CT molecular complexity index is 1090. The first-order chi connectivity index (χ1) is 15.9. The highest BCUT2D eigenvalue weighted by Crippen LogP contribution is 2.56. The minimum absolute atomic E-state index is 0.163. The molecule has 3 atom stereocenters. The van der Waals surface area contributed by atoms with E-state index >= 15 is 0 Å². The zero-order chi connectivity index (χ0) is 23.3. The van der Waals surface area contributed by atoms with Gasteiger partial charge in [0.2, 0.25) is 5.91 Å². The maximum absolute atomic E-state index is 13.2. The van der Waals surface area contributed by atoms with Gasteiger partial charge in [0.1, 0.15) is 5.76 Å². The second-order valence-electron chi connectivity index (χ2n) is 8.76. The molecule has 2 heterocycles. The summed E-state index contributed by atoms with van der Waals surface area (Å²) in [5.41, 5.74) is 0.855. The van der Waals surface area contributed by atoms with Crippen molar-refractivity contribution in [2.24, 2.45) is 17.3 Å². The summed E-state index contributed by atoms with van der Waals surface area (Å²) in [6.45, 7) is 3.72. The van der Waals surface area contributed by atoms with Crippen molar-refractivity contribution in [3.05, 3.63) is 53.3 Å². The second kappa shape index (κ2) is 7.86. The van der Waals surface area contributed by atoms with Gasteiger partial charge in [-0.1, -0.05) is 23.8 Å². The number of nitrogens with zero attached hydrogens (tertiary/aromatic N) is 1. The van der Waals surface area contributed by atoms with Crippen LogP contribution in [0.5, 0.6) is 0 Å². The summed E-state index contributed by atoms with van der Waals surface area (Å²) in [6, 6.07) is 8.80. The van der Waals surface area contributed by atoms with Crippen LogP contribution in [-0.4, -0.2) is 43.1 Å². The normalized spacial score (nSPS) is 26.9. The molecule has 2 amide bonds. The number of hydrogen-bond donors (Lipinski definition) is 0. The molecule has 1 aromatic rings. The number of para-hydroxylation sites is 1. The van der Waals surface area contributed by atoms with E-state index in [0.29, 0.717) is 17.9 Å². The van der Waals surface area contributed by atoms with E-state index in [0.717, 1.165) is 11.1 Å². The smallest absolute Gasteiger partial charge is 0.323 e. The summed E-state index contributed by atoms with van der Waals surface area (Å²) < 4.78 is 16.5. The van der Waals surface area contributed by atoms with Crippen LogP contribution in [0.2, 0.25) is 0 Å². The van der Waals surface area contributed by atoms with Gasteiger partial charge in [-0.05, 0) is 56.9 Å². The third-order valence-corrected chi connectivity index (χ3v) is 6.97. The summed E-state index contributed by atoms with van der Waals surface area (Å²) in [4.78, 5) is 53.1. The summed E-state index contributed by atoms with van der Waals surface area (Å²) in [5, 5.41) is 0. The van der Waals surface area contributed by atoms with Gasteiger partial charge in [0.25, 0.3) is 5.91 Å². The monoisotopic (exact) mass is 451 g/mol. The largest absolute Gasteiger partial charge is 0.480 e. The predicted octanol–water partition coefficient (Wildman–Crippen LogP) is 2.68. The number of imide groups is 1. The van der Waals surface area contributed by atoms with Crippen molar-refractivity contribution in [2.45, 2.75) is 39.2 Å². The molecule has 1 saturated heterocycles. The van der Waals surface area contributed by atoms with Crippen molar-refractivity contribution in [1.82, 2.24) is 0 Å². The number of fused-ring (bicyclic) bond motifs is 3. The number of esters is 2. The number of hydrogen-bond acceptors (Lipinski definition) is 7. The number of amides is 2. The first-order valence-corrected chi connectivity index (χ1v) is 11.3. The van der Waals surface area contributed by atoms with Crippen LogP contribution < -0.4 is 4.90 Å². The van der Waals surface area contributed by atoms with E-state index in [1.807, 2.05) is 12.1 Å². The molecular weight excluding hydrogens is 426 g/mol. The molecule has 0 N–H and O–H groups in total. The SMILES string of the molecule is CCOC(=O)C1(C(=O)OCC)CC2=CC3=C(CC4C(=O)N(c5ccccc5)C(=O)C4O3)C2C1. The molecule has 8 heteroatoms. The van der Waals surface area contributed by atoms with E-state index in [1.165, 1.54) is 4.90 Å². The van der Waals surface area contributed by atoms with Crippen molar-refractivity contribution in [3.63, 3.8) is 0 Å². The summed E-state index contributed by atoms with van der Waals surface area (Å²) in [6.07, 6.45) is 1.69. The van der Waals surface area contributed by atoms with Crippen LogP contribution in [0.3, 0.4) is 0 Å². The lowest BCUT2D eigenvalue weighted by Crippen LogP contribution is -2.40. The van der Waals surface area contributed by atoms with Crippen LogP contribution in [0.15, 0.2) is 53.3 Å². The zero-order valence-electron chi connectivity index (χ0n) is 18.5. The molecule has 0 bridgehead atoms. The highest BCUT2D eigenvalue weighted by molar-refractivity contribution is 6.23. The molecule has 1 aromatic carbocycles. The average molecular weight is 451 g/mol. The molecule has 0 aromatic heterocycles. The predicted molar refractivity (Wildman–Crippen MR) is 115 cm³/mol. The number of ether oxygens (including phenoxy) is 3. The molecule has 2 fully saturated rings. The minimum Gasteiger partial charge on any atom is -0.480 e. The molecule has 3 unspecified atom stereocenters. The number of carbonyl (C=O) groups excluding carboxylic acids is 4. The van der Waals surface area contributed by atoms with Crippen molar-refractivity contribution in [2.75, 3.05) is 18.1 Å². The summed E-state index contributed by atoms with van der Waals surface area (Å²) in [7, 11) is 0. The second-order valence-corrected chi connectivity index (χ2v) is 8.76. The van der Waals surface area contributed by atoms with Gasteiger partial charge in [0.05, 0.1) is 24.8 Å². The van der Waals surface area contributed by atoms with Gasteiger partial charge < -0.3 is 14.2 Å². The molecule has 8 nitrogen and oxygen atoms in total. The Morgan fingerprint density at radius 2 is 1.73 bits per heavy atom. The fraction of sp³-hybridized carbons (Fsp3) is 0.440. The van der Waals surface area contributed by atoms with Gasteiger partial charge in [-0.15, -0.1) is 0 Å². The number of allylic oxidation sites excluding steroid dienone is 3. The van der Waals surface area contributed by atoms with E-state index in [4.69, 9.17) is 14.2 Å². The van der Waals surface area contributed by atoms with Crippen molar-refractivity contribution in [1.29, 1.82) is 0 Å². The highest BCUT2D eigenvalue weighted by Gasteiger charge is 2.60. The molecule has 0 radical (unpaired) electrons. The van der Waals surface area contributed by atoms with Gasteiger partial charge in [0, 0.05) is 5.92 Å². The molecule has 1 saturated carbocycles. The van der Waals surface area contributed by atoms with E-state index in [2.05, 4.69) is 0 Å². The fourth-order valence-electron chi connectivity index (χ4n) is 5.48. The van der Waals surface area contributed by atoms with Crippen molar-refractivity contribution in [3.8, 4) is 0 Å². The van der Waals surface area contributed by atoms with Crippen LogP contribution in [-0.2, 0) is 33.4 Å². The maximum Gasteiger partial charge on any atom is 0.323 e. The van der Waals surface area contributed by atoms with Gasteiger partial charge >= 0.3 is 11.9 Å². The van der Waals surface area contributed by atoms with Gasteiger partial charge in [-0.3, -0.25) is 19.2 Å². The molecule has 5 rings (SSSR count). The van der Waals surface area contributed by atoms with Crippen LogP contribution in [0, 0.1) is 17.3 Å². The Balaban J connectivity index is 1.42. The number of benzene rings is 1. The van der Waals surface area contributed by atoms with E-state index < -0.39 is 29.4 Å². The third-order valence-electron chi connectivity index (χ3n) is 6.97. The number of carbonyl (C=O) groups is 4. The lowest BCUT2D eigenvalue weighted by Gasteiger charge is -2.28. The number of anilines is 1. The van der Waals surface area contributed by atoms with E-state index in [-0.39, 0.29) is 43.8 Å². The van der Waals surface area contributed by atoms with Gasteiger partial charge in [0.15, 0.2) is 11.5 Å². The molecule has 2 aliphatic carbocycles. The topological polar surface area (TPSA) is 99.2 Å². The Morgan fingerprint density at radius 1 is 1.06 bits per heavy atom. The van der Waals surface area contributed by atoms with Crippen molar-refractivity contribution < 1.29 is 33.4 Å². The van der Waals surface area contributed by atoms with E-state index in [9.17, 15) is 19.2 Å². The molecule has 4 aliphatic rings. The van der Waals surface area contributed by atoms with Gasteiger partial charge in [-0.2, -0.15) is 0 Å². The highest BCUT2D eigenvalue weighted by atomic mass is 16.6. The molecular formula is C25H25NO7. The van der Waals surface area contributed by atoms with Crippen LogP contribution >= 0.6 is 0 Å². The Labute approximate surface area is 191 Å². The summed E-state index contributed by atoms with van der Waals surface area (Å²) >= 11 is 0. The lowest BCUT2D eigenvalue weighted by molar-refractivity contribution is -0.171. The molecule has 0 spiro atoms. The average Bonchev–Trinajstić information content (AvgIpc) is 3.42. The Hall–Kier alpha value is -3.42. The fourth-order valence-corrected chi connectivity index (χ4v) is 5.48. The van der Waals surface area contributed by atoms with Crippen LogP contribution in [0.25, 0.3) is 0 Å². The standard InChI is InChI=1S/C25H25NO7/c1-3-31-23(29)25(24(30)32-4-2)12-14-10-19-16(18(14)13-25)11-17-20(33-19)22(28)26(21(17)27)15-8-6-5-7-9-15/h5-10,17-18,20H,3-4,11-13H2,1-2H3. The molecule has 2 aliphatic heterocycles. The van der Waals surface area contributed by atoms with Crippen LogP contribution in [0.4, 0.5) is 5.69 Å². The van der Waals surface area contributed by atoms with Gasteiger partial charge in [-0.25, -0.2) is 4.90 Å². The van der Waals surface area contributed by atoms with Crippen molar-refractivity contribution >= 4 is 29.4 Å². The quantitative estimate of drug-likeness (QED) is 0.386. The Kier molecular flexibility index (Phi) is 5.11. The molecule has 33 heavy (non-hydrogen) atoms. The maximum atomic E-state index is 13.2. The minimum atomic E-state index is -1.40. The first-order valence-electron chi connectivity index (χ1n) is 11.3. The number of rotatable bonds is 5. The van der Waals surface area contributed by atoms with E-state index in [1.54, 1.807) is 38.1 Å². The Morgan fingerprint density at radius 3 is 2.36 bits per heavy atom. The first kappa shape index (κ1) is 21.4. The lowest BCUT2D eigenvalue weighted by atomic mass is 9.81. The zero-order valence-corrected chi connectivity index (χ0v) is 18.5. The molecule has 172 valence electrons. The van der Waals surface area contributed by atoms with Crippen LogP contribution in [0.1, 0.15) is 33.1 Å².